The van der Waals surface area contributed by atoms with Crippen LogP contribution in [0.5, 0.6) is 0 Å². The molecule has 2 aliphatic rings. The molecule has 2 rings (SSSR count). The number of halogens is 1. The fourth-order valence-electron chi connectivity index (χ4n) is 2.59. The molecule has 2 aliphatic heterocycles. The van der Waals surface area contributed by atoms with E-state index in [1.54, 1.807) is 7.11 Å². The molecule has 2 saturated heterocycles. The van der Waals surface area contributed by atoms with Crippen molar-refractivity contribution in [2.75, 3.05) is 53.1 Å². The molecule has 0 spiro atoms. The van der Waals surface area contributed by atoms with Crippen LogP contribution in [0.1, 0.15) is 6.42 Å². The van der Waals surface area contributed by atoms with Crippen LogP contribution in [0, 0.1) is 5.92 Å². The van der Waals surface area contributed by atoms with Crippen molar-refractivity contribution in [3.8, 4) is 0 Å². The van der Waals surface area contributed by atoms with Gasteiger partial charge in [0.1, 0.15) is 0 Å². The van der Waals surface area contributed by atoms with Gasteiger partial charge in [0.25, 0.3) is 0 Å². The van der Waals surface area contributed by atoms with Gasteiger partial charge in [-0.25, -0.2) is 0 Å². The molecule has 2 fully saturated rings. The lowest BCUT2D eigenvalue weighted by molar-refractivity contribution is 0.0864. The van der Waals surface area contributed by atoms with Gasteiger partial charge in [-0.2, -0.15) is 0 Å². The van der Waals surface area contributed by atoms with Gasteiger partial charge in [-0.3, -0.25) is 4.90 Å². The summed E-state index contributed by atoms with van der Waals surface area (Å²) in [5, 5.41) is 3.48. The summed E-state index contributed by atoms with van der Waals surface area (Å²) in [4.78, 5) is 2.52. The number of ether oxygens (including phenoxy) is 2. The first kappa shape index (κ1) is 14.2. The second-order valence-corrected chi connectivity index (χ2v) is 4.42. The highest BCUT2D eigenvalue weighted by Gasteiger charge is 2.31. The predicted molar refractivity (Wildman–Crippen MR) is 66.3 cm³/mol. The van der Waals surface area contributed by atoms with E-state index in [2.05, 4.69) is 10.2 Å². The van der Waals surface area contributed by atoms with Gasteiger partial charge in [-0.15, -0.1) is 12.4 Å². The molecule has 0 radical (unpaired) electrons. The molecule has 0 unspecified atom stereocenters. The van der Waals surface area contributed by atoms with Crippen molar-refractivity contribution in [3.63, 3.8) is 0 Å². The molecule has 0 aromatic heterocycles. The number of hydrogen-bond donors (Lipinski definition) is 1. The molecule has 4 nitrogen and oxygen atoms in total. The van der Waals surface area contributed by atoms with E-state index in [4.69, 9.17) is 9.47 Å². The monoisotopic (exact) mass is 250 g/mol. The minimum Gasteiger partial charge on any atom is -0.383 e. The molecule has 0 bridgehead atoms. The topological polar surface area (TPSA) is 33.7 Å². The SMILES string of the molecule is COCCN1CCOC[C@H]2CCNC[C@H]21.Cl. The molecule has 96 valence electrons. The van der Waals surface area contributed by atoms with Crippen molar-refractivity contribution in [2.24, 2.45) is 5.92 Å². The van der Waals surface area contributed by atoms with Gasteiger partial charge in [-0.05, 0) is 13.0 Å². The van der Waals surface area contributed by atoms with E-state index >= 15 is 0 Å². The minimum atomic E-state index is 0. The highest BCUT2D eigenvalue weighted by atomic mass is 35.5. The number of piperidine rings is 1. The number of hydrogen-bond acceptors (Lipinski definition) is 4. The first-order valence-corrected chi connectivity index (χ1v) is 5.93. The molecular weight excluding hydrogens is 228 g/mol. The van der Waals surface area contributed by atoms with Crippen LogP contribution in [0.3, 0.4) is 0 Å². The summed E-state index contributed by atoms with van der Waals surface area (Å²) in [5.74, 6) is 0.714. The van der Waals surface area contributed by atoms with Crippen LogP contribution in [0.15, 0.2) is 0 Å². The maximum absolute atomic E-state index is 5.66. The van der Waals surface area contributed by atoms with Gasteiger partial charge < -0.3 is 14.8 Å². The molecular formula is C11H23ClN2O2. The van der Waals surface area contributed by atoms with Gasteiger partial charge in [0.15, 0.2) is 0 Å². The smallest absolute Gasteiger partial charge is 0.0593 e. The van der Waals surface area contributed by atoms with E-state index in [0.717, 1.165) is 46.0 Å². The summed E-state index contributed by atoms with van der Waals surface area (Å²) in [7, 11) is 1.77. The average molecular weight is 251 g/mol. The van der Waals surface area contributed by atoms with Gasteiger partial charge >= 0.3 is 0 Å². The lowest BCUT2D eigenvalue weighted by atomic mass is 9.92. The van der Waals surface area contributed by atoms with E-state index in [9.17, 15) is 0 Å². The van der Waals surface area contributed by atoms with E-state index in [1.165, 1.54) is 6.42 Å². The maximum Gasteiger partial charge on any atom is 0.0593 e. The fraction of sp³-hybridized carbons (Fsp3) is 1.00. The highest BCUT2D eigenvalue weighted by molar-refractivity contribution is 5.85. The fourth-order valence-corrected chi connectivity index (χ4v) is 2.59. The number of rotatable bonds is 3. The van der Waals surface area contributed by atoms with Crippen molar-refractivity contribution in [2.45, 2.75) is 12.5 Å². The van der Waals surface area contributed by atoms with Crippen molar-refractivity contribution >= 4 is 12.4 Å². The molecule has 0 saturated carbocycles. The summed E-state index contributed by atoms with van der Waals surface area (Å²) in [5.41, 5.74) is 0. The molecule has 16 heavy (non-hydrogen) atoms. The van der Waals surface area contributed by atoms with Crippen molar-refractivity contribution < 1.29 is 9.47 Å². The molecule has 1 N–H and O–H groups in total. The van der Waals surface area contributed by atoms with Crippen molar-refractivity contribution in [1.29, 1.82) is 0 Å². The third-order valence-corrected chi connectivity index (χ3v) is 3.50. The van der Waals surface area contributed by atoms with E-state index in [0.29, 0.717) is 12.0 Å². The number of fused-ring (bicyclic) bond motifs is 1. The Hall–Kier alpha value is 0.130. The van der Waals surface area contributed by atoms with Crippen LogP contribution in [0.2, 0.25) is 0 Å². The molecule has 2 atom stereocenters. The summed E-state index contributed by atoms with van der Waals surface area (Å²) >= 11 is 0. The second-order valence-electron chi connectivity index (χ2n) is 4.42. The van der Waals surface area contributed by atoms with Gasteiger partial charge in [0.05, 0.1) is 19.8 Å². The predicted octanol–water partition coefficient (Wildman–Crippen LogP) is 0.365. The van der Waals surface area contributed by atoms with Crippen molar-refractivity contribution in [1.82, 2.24) is 10.2 Å². The summed E-state index contributed by atoms with van der Waals surface area (Å²) in [6.07, 6.45) is 1.24. The maximum atomic E-state index is 5.66. The molecule has 0 amide bonds. The Morgan fingerprint density at radius 3 is 3.19 bits per heavy atom. The second kappa shape index (κ2) is 7.45. The Morgan fingerprint density at radius 1 is 1.50 bits per heavy atom. The zero-order chi connectivity index (χ0) is 10.5. The van der Waals surface area contributed by atoms with E-state index in [-0.39, 0.29) is 12.4 Å². The van der Waals surface area contributed by atoms with E-state index < -0.39 is 0 Å². The summed E-state index contributed by atoms with van der Waals surface area (Å²) < 4.78 is 10.8. The number of methoxy groups -OCH3 is 1. The van der Waals surface area contributed by atoms with Crippen LogP contribution in [-0.2, 0) is 9.47 Å². The van der Waals surface area contributed by atoms with Gasteiger partial charge in [-0.1, -0.05) is 0 Å². The van der Waals surface area contributed by atoms with E-state index in [1.807, 2.05) is 0 Å². The number of nitrogens with zero attached hydrogens (tertiary/aromatic N) is 1. The first-order valence-electron chi connectivity index (χ1n) is 5.93. The number of nitrogens with one attached hydrogen (secondary N) is 1. The van der Waals surface area contributed by atoms with Crippen LogP contribution in [-0.4, -0.2) is 64.1 Å². The summed E-state index contributed by atoms with van der Waals surface area (Å²) in [6.45, 7) is 6.96. The average Bonchev–Trinajstić information content (AvgIpc) is 2.49. The largest absolute Gasteiger partial charge is 0.383 e. The van der Waals surface area contributed by atoms with Crippen molar-refractivity contribution in [3.05, 3.63) is 0 Å². The molecule has 0 aromatic carbocycles. The minimum absolute atomic E-state index is 0. The Labute approximate surface area is 104 Å². The van der Waals surface area contributed by atoms with Crippen LogP contribution >= 0.6 is 12.4 Å². The quantitative estimate of drug-likeness (QED) is 0.785. The van der Waals surface area contributed by atoms with Crippen LogP contribution in [0.25, 0.3) is 0 Å². The summed E-state index contributed by atoms with van der Waals surface area (Å²) in [6, 6.07) is 0.649. The Bertz CT molecular complexity index is 195. The molecule has 5 heteroatoms. The first-order chi connectivity index (χ1) is 7.42. The Morgan fingerprint density at radius 2 is 2.38 bits per heavy atom. The zero-order valence-corrected chi connectivity index (χ0v) is 10.8. The van der Waals surface area contributed by atoms with Crippen LogP contribution in [0.4, 0.5) is 0 Å². The Balaban J connectivity index is 0.00000128. The lowest BCUT2D eigenvalue weighted by Gasteiger charge is -2.37. The highest BCUT2D eigenvalue weighted by Crippen LogP contribution is 2.20. The third-order valence-electron chi connectivity index (χ3n) is 3.50. The van der Waals surface area contributed by atoms with Gasteiger partial charge in [0.2, 0.25) is 0 Å². The standard InChI is InChI=1S/C11H22N2O2.ClH/c1-14-6-4-13-5-7-15-9-10-2-3-12-8-11(10)13;/h10-12H,2-9H2,1H3;1H/t10-,11-;/m1./s1. The Kier molecular flexibility index (Phi) is 6.61. The zero-order valence-electron chi connectivity index (χ0n) is 9.98. The molecule has 0 aromatic rings. The third kappa shape index (κ3) is 3.57. The van der Waals surface area contributed by atoms with Gasteiger partial charge in [0, 0.05) is 38.7 Å². The molecule has 0 aliphatic carbocycles. The molecule has 2 heterocycles. The normalized spacial score (nSPS) is 31.3. The lowest BCUT2D eigenvalue weighted by Crippen LogP contribution is -2.52. The van der Waals surface area contributed by atoms with Crippen LogP contribution < -0.4 is 5.32 Å².